The average molecular weight is 829 g/mol. The SMILES string of the molecule is CC(C)(C)c1ccc(N2B3c4oc5ccccc5c4N(c4ccc(C(C)(C)C)cc4-c4ccccc4)c4cc5c(oc6ccccc65)c(c43)-c3c2ccc2oc4ccccc4c32)cc1. The minimum atomic E-state index is -0.362. The molecule has 11 aromatic rings. The number of fused-ring (bicyclic) bond motifs is 14. The van der Waals surface area contributed by atoms with E-state index in [0.717, 1.165) is 117 Å². The number of hydrogen-bond acceptors (Lipinski definition) is 5. The van der Waals surface area contributed by atoms with Crippen LogP contribution in [0.5, 0.6) is 0 Å². The van der Waals surface area contributed by atoms with Gasteiger partial charge >= 0.3 is 6.85 Å². The first-order chi connectivity index (χ1) is 31.0. The van der Waals surface area contributed by atoms with E-state index < -0.39 is 0 Å². The maximum Gasteiger partial charge on any atom is 0.376 e. The number of hydrogen-bond donors (Lipinski definition) is 0. The monoisotopic (exact) mass is 828 g/mol. The van der Waals surface area contributed by atoms with Crippen molar-refractivity contribution in [2.45, 2.75) is 52.4 Å². The van der Waals surface area contributed by atoms with E-state index in [1.165, 1.54) is 11.1 Å². The summed E-state index contributed by atoms with van der Waals surface area (Å²) in [6.45, 7) is 13.3. The van der Waals surface area contributed by atoms with Crippen LogP contribution in [0.1, 0.15) is 52.7 Å². The number of anilines is 5. The molecule has 3 aromatic heterocycles. The topological polar surface area (TPSA) is 45.9 Å². The van der Waals surface area contributed by atoms with Crippen molar-refractivity contribution in [1.82, 2.24) is 0 Å². The summed E-state index contributed by atoms with van der Waals surface area (Å²) in [5.74, 6) is 0. The van der Waals surface area contributed by atoms with Gasteiger partial charge in [0.1, 0.15) is 33.6 Å². The van der Waals surface area contributed by atoms with Gasteiger partial charge in [0.15, 0.2) is 0 Å². The fraction of sp³-hybridized carbons (Fsp3) is 0.138. The van der Waals surface area contributed by atoms with Crippen LogP contribution in [0.2, 0.25) is 0 Å². The second-order valence-corrected chi connectivity index (χ2v) is 19.7. The second kappa shape index (κ2) is 13.1. The molecule has 0 amide bonds. The third kappa shape index (κ3) is 5.20. The highest BCUT2D eigenvalue weighted by atomic mass is 16.3. The summed E-state index contributed by atoms with van der Waals surface area (Å²) in [4.78, 5) is 5.02. The lowest BCUT2D eigenvalue weighted by molar-refractivity contribution is 0.590. The van der Waals surface area contributed by atoms with E-state index >= 15 is 0 Å². The summed E-state index contributed by atoms with van der Waals surface area (Å²) in [6.07, 6.45) is 0. The van der Waals surface area contributed by atoms with Crippen molar-refractivity contribution in [2.24, 2.45) is 0 Å². The average Bonchev–Trinajstić information content (AvgIpc) is 4.00. The van der Waals surface area contributed by atoms with Gasteiger partial charge in [0, 0.05) is 60.7 Å². The lowest BCUT2D eigenvalue weighted by Crippen LogP contribution is -2.61. The normalized spacial score (nSPS) is 13.7. The molecule has 0 unspecified atom stereocenters. The maximum absolute atomic E-state index is 7.34. The molecule has 2 aliphatic heterocycles. The van der Waals surface area contributed by atoms with Crippen LogP contribution in [0.3, 0.4) is 0 Å². The van der Waals surface area contributed by atoms with Crippen LogP contribution in [0.4, 0.5) is 28.4 Å². The van der Waals surface area contributed by atoms with Crippen LogP contribution in [0.15, 0.2) is 177 Å². The van der Waals surface area contributed by atoms with E-state index in [9.17, 15) is 0 Å². The third-order valence-electron chi connectivity index (χ3n) is 13.8. The molecule has 0 fully saturated rings. The molecule has 0 saturated carbocycles. The minimum Gasteiger partial charge on any atom is -0.466 e. The molecule has 5 nitrogen and oxygen atoms in total. The van der Waals surface area contributed by atoms with E-state index in [1.807, 2.05) is 6.07 Å². The van der Waals surface area contributed by atoms with Crippen molar-refractivity contribution < 1.29 is 13.3 Å². The molecule has 0 spiro atoms. The highest BCUT2D eigenvalue weighted by Crippen LogP contribution is 2.55. The molecule has 0 saturated heterocycles. The molecule has 308 valence electrons. The van der Waals surface area contributed by atoms with E-state index in [-0.39, 0.29) is 17.7 Å². The quantitative estimate of drug-likeness (QED) is 0.166. The van der Waals surface area contributed by atoms with E-state index in [4.69, 9.17) is 13.3 Å². The summed E-state index contributed by atoms with van der Waals surface area (Å²) in [7, 11) is 0. The molecule has 0 radical (unpaired) electrons. The minimum absolute atomic E-state index is 0.0108. The molecule has 64 heavy (non-hydrogen) atoms. The Bertz CT molecular complexity index is 3710. The van der Waals surface area contributed by atoms with E-state index in [2.05, 4.69) is 209 Å². The highest BCUT2D eigenvalue weighted by Gasteiger charge is 2.50. The van der Waals surface area contributed by atoms with Crippen molar-refractivity contribution in [3.05, 3.63) is 175 Å². The van der Waals surface area contributed by atoms with Crippen molar-refractivity contribution in [3.8, 4) is 22.3 Å². The Morgan fingerprint density at radius 2 is 1.06 bits per heavy atom. The van der Waals surface area contributed by atoms with Gasteiger partial charge < -0.3 is 23.0 Å². The van der Waals surface area contributed by atoms with E-state index in [1.54, 1.807) is 0 Å². The summed E-state index contributed by atoms with van der Waals surface area (Å²) < 4.78 is 21.2. The number of para-hydroxylation sites is 3. The summed E-state index contributed by atoms with van der Waals surface area (Å²) >= 11 is 0. The van der Waals surface area contributed by atoms with Gasteiger partial charge in [-0.2, -0.15) is 0 Å². The van der Waals surface area contributed by atoms with Crippen LogP contribution >= 0.6 is 0 Å². The smallest absolute Gasteiger partial charge is 0.376 e. The zero-order valence-corrected chi connectivity index (χ0v) is 36.8. The fourth-order valence-electron chi connectivity index (χ4n) is 10.6. The van der Waals surface area contributed by atoms with Gasteiger partial charge in [-0.05, 0) is 99.7 Å². The van der Waals surface area contributed by atoms with Crippen molar-refractivity contribution >= 4 is 101 Å². The largest absolute Gasteiger partial charge is 0.466 e. The van der Waals surface area contributed by atoms with Gasteiger partial charge in [0.2, 0.25) is 0 Å². The first kappa shape index (κ1) is 37.1. The van der Waals surface area contributed by atoms with Gasteiger partial charge in [-0.1, -0.05) is 139 Å². The molecular formula is C58H45BN2O3. The van der Waals surface area contributed by atoms with Crippen molar-refractivity contribution in [1.29, 1.82) is 0 Å². The molecule has 5 heterocycles. The molecule has 0 atom stereocenters. The molecule has 13 rings (SSSR count). The van der Waals surface area contributed by atoms with Gasteiger partial charge in [-0.3, -0.25) is 0 Å². The maximum atomic E-state index is 7.34. The zero-order valence-electron chi connectivity index (χ0n) is 36.8. The molecule has 8 aromatic carbocycles. The number of furan rings is 3. The second-order valence-electron chi connectivity index (χ2n) is 19.7. The van der Waals surface area contributed by atoms with Crippen LogP contribution in [-0.2, 0) is 10.8 Å². The molecule has 0 bridgehead atoms. The Balaban J connectivity index is 1.24. The van der Waals surface area contributed by atoms with Crippen molar-refractivity contribution in [3.63, 3.8) is 0 Å². The molecule has 2 aliphatic rings. The first-order valence-electron chi connectivity index (χ1n) is 22.4. The first-order valence-corrected chi connectivity index (χ1v) is 22.4. The van der Waals surface area contributed by atoms with Crippen LogP contribution in [-0.4, -0.2) is 6.85 Å². The summed E-state index contributed by atoms with van der Waals surface area (Å²) in [5.41, 5.74) is 18.5. The molecular weight excluding hydrogens is 783 g/mol. The van der Waals surface area contributed by atoms with Gasteiger partial charge in [0.25, 0.3) is 0 Å². The van der Waals surface area contributed by atoms with Gasteiger partial charge in [-0.15, -0.1) is 0 Å². The Labute approximate surface area is 372 Å². The van der Waals surface area contributed by atoms with Crippen LogP contribution < -0.4 is 20.8 Å². The Hall–Kier alpha value is -7.44. The summed E-state index contributed by atoms with van der Waals surface area (Å²) in [6, 6.07) is 59.2. The predicted octanol–water partition coefficient (Wildman–Crippen LogP) is 15.2. The van der Waals surface area contributed by atoms with Crippen molar-refractivity contribution in [2.75, 3.05) is 9.71 Å². The lowest BCUT2D eigenvalue weighted by Gasteiger charge is -2.44. The Morgan fingerprint density at radius 1 is 0.453 bits per heavy atom. The zero-order chi connectivity index (χ0) is 43.2. The number of rotatable bonds is 3. The predicted molar refractivity (Wildman–Crippen MR) is 267 cm³/mol. The number of nitrogens with zero attached hydrogens (tertiary/aromatic N) is 2. The molecule has 0 N–H and O–H groups in total. The number of benzene rings is 8. The van der Waals surface area contributed by atoms with Crippen LogP contribution in [0.25, 0.3) is 77.1 Å². The fourth-order valence-corrected chi connectivity index (χ4v) is 10.6. The van der Waals surface area contributed by atoms with Crippen LogP contribution in [0, 0.1) is 0 Å². The highest BCUT2D eigenvalue weighted by molar-refractivity contribution is 6.93. The Morgan fingerprint density at radius 3 is 1.78 bits per heavy atom. The molecule has 0 aliphatic carbocycles. The summed E-state index contributed by atoms with van der Waals surface area (Å²) in [5, 5.41) is 5.34. The van der Waals surface area contributed by atoms with E-state index in [0.29, 0.717) is 0 Å². The Kier molecular flexibility index (Phi) is 7.58. The lowest BCUT2D eigenvalue weighted by atomic mass is 9.45. The third-order valence-corrected chi connectivity index (χ3v) is 13.8. The van der Waals surface area contributed by atoms with Gasteiger partial charge in [0.05, 0.1) is 11.4 Å². The van der Waals surface area contributed by atoms with Gasteiger partial charge in [-0.25, -0.2) is 0 Å². The molecule has 6 heteroatoms. The standard InChI is InChI=1S/C58H45BN2O3/c1-57(2,3)35-24-27-37(28-25-35)61-44-30-31-49-50(39-19-11-14-22-47(39)62-49)51(44)52-53-45(33-42-38-18-10-13-21-46(38)63-55(42)52)60(54-40-20-12-15-23-48(40)64-56(54)59(53)61)43-29-26-36(58(4,5)6)32-41(43)34-16-8-7-9-17-34/h7-33H,1-6H3.